The summed E-state index contributed by atoms with van der Waals surface area (Å²) in [6.45, 7) is 4.01. The summed E-state index contributed by atoms with van der Waals surface area (Å²) in [5.74, 6) is -0.881. The zero-order chi connectivity index (χ0) is 12.0. The lowest BCUT2D eigenvalue weighted by Crippen LogP contribution is -2.40. The molecule has 1 N–H and O–H groups in total. The third kappa shape index (κ3) is 2.83. The van der Waals surface area contributed by atoms with E-state index in [1.165, 1.54) is 0 Å². The summed E-state index contributed by atoms with van der Waals surface area (Å²) in [4.78, 5) is 11.2. The first kappa shape index (κ1) is 12.7. The van der Waals surface area contributed by atoms with Crippen LogP contribution in [0, 0.1) is 0 Å². The molecule has 0 heterocycles. The molecule has 0 saturated carbocycles. The fourth-order valence-electron chi connectivity index (χ4n) is 1.61. The van der Waals surface area contributed by atoms with Gasteiger partial charge in [0.05, 0.1) is 6.61 Å². The Morgan fingerprint density at radius 1 is 1.25 bits per heavy atom. The summed E-state index contributed by atoms with van der Waals surface area (Å²) >= 11 is 0. The molecule has 16 heavy (non-hydrogen) atoms. The highest BCUT2D eigenvalue weighted by molar-refractivity contribution is 5.77. The first-order valence-electron chi connectivity index (χ1n) is 5.56. The molecule has 0 aliphatic carbocycles. The normalized spacial score (nSPS) is 11.4. The Labute approximate surface area is 96.1 Å². The molecule has 0 aromatic heterocycles. The smallest absolute Gasteiger partial charge is 0.335 e. The number of carbonyl (C=O) groups is 1. The van der Waals surface area contributed by atoms with Gasteiger partial charge >= 0.3 is 5.97 Å². The van der Waals surface area contributed by atoms with Gasteiger partial charge in [0.25, 0.3) is 0 Å². The number of benzene rings is 1. The standard InChI is InChI=1S/C13H18O3/c1-3-13(4-2,12(14)15)16-10-11-8-6-5-7-9-11/h5-9H,3-4,10H2,1-2H3,(H,14,15). The van der Waals surface area contributed by atoms with E-state index in [4.69, 9.17) is 4.74 Å². The van der Waals surface area contributed by atoms with Gasteiger partial charge in [0, 0.05) is 0 Å². The number of ether oxygens (including phenoxy) is 1. The zero-order valence-corrected chi connectivity index (χ0v) is 9.77. The van der Waals surface area contributed by atoms with Crippen molar-refractivity contribution in [1.29, 1.82) is 0 Å². The average Bonchev–Trinajstić information content (AvgIpc) is 2.32. The maximum absolute atomic E-state index is 11.2. The van der Waals surface area contributed by atoms with Crippen LogP contribution in [0.4, 0.5) is 0 Å². The predicted octanol–water partition coefficient (Wildman–Crippen LogP) is 2.85. The van der Waals surface area contributed by atoms with Crippen LogP contribution in [0.5, 0.6) is 0 Å². The SMILES string of the molecule is CCC(CC)(OCc1ccccc1)C(=O)O. The Morgan fingerprint density at radius 3 is 2.25 bits per heavy atom. The largest absolute Gasteiger partial charge is 0.479 e. The molecule has 3 heteroatoms. The Kier molecular flexibility index (Phi) is 4.50. The molecule has 0 spiro atoms. The summed E-state index contributed by atoms with van der Waals surface area (Å²) in [5, 5.41) is 9.18. The molecule has 0 bridgehead atoms. The van der Waals surface area contributed by atoms with Gasteiger partial charge in [-0.15, -0.1) is 0 Å². The van der Waals surface area contributed by atoms with Crippen molar-refractivity contribution in [2.75, 3.05) is 0 Å². The second kappa shape index (κ2) is 5.66. The number of carboxylic acid groups (broad SMARTS) is 1. The quantitative estimate of drug-likeness (QED) is 0.805. The van der Waals surface area contributed by atoms with Gasteiger partial charge < -0.3 is 9.84 Å². The number of rotatable bonds is 6. The molecule has 0 saturated heterocycles. The maximum Gasteiger partial charge on any atom is 0.335 e. The van der Waals surface area contributed by atoms with Gasteiger partial charge in [-0.05, 0) is 18.4 Å². The Morgan fingerprint density at radius 2 is 1.81 bits per heavy atom. The monoisotopic (exact) mass is 222 g/mol. The van der Waals surface area contributed by atoms with Crippen LogP contribution in [0.2, 0.25) is 0 Å². The van der Waals surface area contributed by atoms with E-state index in [1.54, 1.807) is 0 Å². The highest BCUT2D eigenvalue weighted by Gasteiger charge is 2.35. The van der Waals surface area contributed by atoms with Gasteiger partial charge in [0.1, 0.15) is 0 Å². The molecule has 3 nitrogen and oxygen atoms in total. The molecule has 0 radical (unpaired) electrons. The molecule has 0 aliphatic rings. The summed E-state index contributed by atoms with van der Waals surface area (Å²) in [7, 11) is 0. The average molecular weight is 222 g/mol. The molecule has 0 aliphatic heterocycles. The van der Waals surface area contributed by atoms with Crippen molar-refractivity contribution in [3.63, 3.8) is 0 Å². The van der Waals surface area contributed by atoms with Crippen LogP contribution in [-0.2, 0) is 16.1 Å². The van der Waals surface area contributed by atoms with E-state index < -0.39 is 11.6 Å². The van der Waals surface area contributed by atoms with Crippen LogP contribution in [0.15, 0.2) is 30.3 Å². The van der Waals surface area contributed by atoms with Crippen LogP contribution in [0.25, 0.3) is 0 Å². The lowest BCUT2D eigenvalue weighted by molar-refractivity contribution is -0.169. The van der Waals surface area contributed by atoms with E-state index in [0.29, 0.717) is 19.4 Å². The van der Waals surface area contributed by atoms with Crippen LogP contribution >= 0.6 is 0 Å². The second-order valence-corrected chi connectivity index (χ2v) is 3.78. The van der Waals surface area contributed by atoms with Gasteiger partial charge in [-0.3, -0.25) is 0 Å². The topological polar surface area (TPSA) is 46.5 Å². The summed E-state index contributed by atoms with van der Waals surface area (Å²) in [6, 6.07) is 9.61. The van der Waals surface area contributed by atoms with E-state index in [1.807, 2.05) is 44.2 Å². The molecule has 0 unspecified atom stereocenters. The summed E-state index contributed by atoms with van der Waals surface area (Å²) < 4.78 is 5.58. The van der Waals surface area contributed by atoms with Crippen LogP contribution in [-0.4, -0.2) is 16.7 Å². The van der Waals surface area contributed by atoms with Crippen molar-refractivity contribution in [2.24, 2.45) is 0 Å². The minimum Gasteiger partial charge on any atom is -0.479 e. The van der Waals surface area contributed by atoms with Crippen LogP contribution < -0.4 is 0 Å². The van der Waals surface area contributed by atoms with E-state index >= 15 is 0 Å². The number of hydrogen-bond acceptors (Lipinski definition) is 2. The van der Waals surface area contributed by atoms with Crippen molar-refractivity contribution in [1.82, 2.24) is 0 Å². The van der Waals surface area contributed by atoms with Crippen molar-refractivity contribution >= 4 is 5.97 Å². The molecule has 1 aromatic carbocycles. The van der Waals surface area contributed by atoms with E-state index in [9.17, 15) is 9.90 Å². The number of hydrogen-bond donors (Lipinski definition) is 1. The highest BCUT2D eigenvalue weighted by Crippen LogP contribution is 2.22. The molecule has 0 amide bonds. The first-order chi connectivity index (χ1) is 7.64. The van der Waals surface area contributed by atoms with Gasteiger partial charge in [-0.25, -0.2) is 4.79 Å². The van der Waals surface area contributed by atoms with E-state index in [0.717, 1.165) is 5.56 Å². The molecular formula is C13H18O3. The molecule has 88 valence electrons. The molecule has 0 fully saturated rings. The van der Waals surface area contributed by atoms with Gasteiger partial charge in [-0.2, -0.15) is 0 Å². The number of carboxylic acids is 1. The Bertz CT molecular complexity index is 328. The van der Waals surface area contributed by atoms with Gasteiger partial charge in [0.15, 0.2) is 5.60 Å². The van der Waals surface area contributed by atoms with Gasteiger partial charge in [0.2, 0.25) is 0 Å². The van der Waals surface area contributed by atoms with Crippen LogP contribution in [0.3, 0.4) is 0 Å². The molecule has 0 atom stereocenters. The van der Waals surface area contributed by atoms with Crippen molar-refractivity contribution < 1.29 is 14.6 Å². The Balaban J connectivity index is 2.67. The Hall–Kier alpha value is -1.35. The number of aliphatic carboxylic acids is 1. The van der Waals surface area contributed by atoms with E-state index in [-0.39, 0.29) is 0 Å². The fraction of sp³-hybridized carbons (Fsp3) is 0.462. The summed E-state index contributed by atoms with van der Waals surface area (Å²) in [6.07, 6.45) is 0.956. The van der Waals surface area contributed by atoms with Gasteiger partial charge in [-0.1, -0.05) is 44.2 Å². The third-order valence-corrected chi connectivity index (χ3v) is 2.89. The second-order valence-electron chi connectivity index (χ2n) is 3.78. The van der Waals surface area contributed by atoms with Crippen molar-refractivity contribution in [3.05, 3.63) is 35.9 Å². The maximum atomic E-state index is 11.2. The third-order valence-electron chi connectivity index (χ3n) is 2.89. The lowest BCUT2D eigenvalue weighted by atomic mass is 9.97. The molecule has 1 rings (SSSR count). The highest BCUT2D eigenvalue weighted by atomic mass is 16.5. The van der Waals surface area contributed by atoms with Crippen molar-refractivity contribution in [3.8, 4) is 0 Å². The van der Waals surface area contributed by atoms with E-state index in [2.05, 4.69) is 0 Å². The molecular weight excluding hydrogens is 204 g/mol. The van der Waals surface area contributed by atoms with Crippen molar-refractivity contribution in [2.45, 2.75) is 38.9 Å². The molecule has 1 aromatic rings. The minimum absolute atomic E-state index is 0.342. The lowest BCUT2D eigenvalue weighted by Gasteiger charge is -2.27. The van der Waals surface area contributed by atoms with Crippen LogP contribution in [0.1, 0.15) is 32.3 Å². The zero-order valence-electron chi connectivity index (χ0n) is 9.77. The first-order valence-corrected chi connectivity index (χ1v) is 5.56. The minimum atomic E-state index is -1.05. The fourth-order valence-corrected chi connectivity index (χ4v) is 1.61. The predicted molar refractivity (Wildman–Crippen MR) is 62.2 cm³/mol. The summed E-state index contributed by atoms with van der Waals surface area (Å²) in [5.41, 5.74) is -0.0504.